The maximum Gasteiger partial charge on any atom is 0.315 e. The van der Waals surface area contributed by atoms with Crippen LogP contribution >= 0.6 is 0 Å². The van der Waals surface area contributed by atoms with Crippen LogP contribution in [0.25, 0.3) is 0 Å². The first kappa shape index (κ1) is 15.0. The molecule has 5 nitrogen and oxygen atoms in total. The number of rotatable bonds is 4. The standard InChI is InChI=1S/C13H26N4O/c1-9(12(2,3)4)15-11-17-16-10(18-11)8-14-13(5,6)7/h9,14H,8H2,1-7H3,(H,15,17). The van der Waals surface area contributed by atoms with Gasteiger partial charge in [-0.15, -0.1) is 5.10 Å². The second-order valence-corrected chi connectivity index (χ2v) is 6.84. The Morgan fingerprint density at radius 1 is 1.11 bits per heavy atom. The minimum Gasteiger partial charge on any atom is -0.407 e. The van der Waals surface area contributed by atoms with E-state index in [9.17, 15) is 0 Å². The molecule has 0 radical (unpaired) electrons. The van der Waals surface area contributed by atoms with Gasteiger partial charge in [0.15, 0.2) is 0 Å². The van der Waals surface area contributed by atoms with Crippen molar-refractivity contribution in [1.82, 2.24) is 15.5 Å². The topological polar surface area (TPSA) is 63.0 Å². The number of nitrogens with zero attached hydrogens (tertiary/aromatic N) is 2. The summed E-state index contributed by atoms with van der Waals surface area (Å²) in [6, 6.07) is 0.754. The third-order valence-electron chi connectivity index (χ3n) is 2.88. The van der Waals surface area contributed by atoms with Gasteiger partial charge < -0.3 is 15.1 Å². The maximum atomic E-state index is 5.55. The molecule has 0 aliphatic carbocycles. The Morgan fingerprint density at radius 3 is 2.22 bits per heavy atom. The van der Waals surface area contributed by atoms with Gasteiger partial charge in [0.1, 0.15) is 0 Å². The number of hydrogen-bond acceptors (Lipinski definition) is 5. The molecule has 1 unspecified atom stereocenters. The minimum atomic E-state index is 0.0424. The first-order valence-electron chi connectivity index (χ1n) is 6.42. The zero-order valence-corrected chi connectivity index (χ0v) is 12.6. The summed E-state index contributed by atoms with van der Waals surface area (Å²) in [5.41, 5.74) is 0.194. The van der Waals surface area contributed by atoms with Crippen molar-refractivity contribution in [3.05, 3.63) is 5.89 Å². The summed E-state index contributed by atoms with van der Waals surface area (Å²) in [4.78, 5) is 0. The van der Waals surface area contributed by atoms with Crippen LogP contribution in [0.1, 0.15) is 54.4 Å². The van der Waals surface area contributed by atoms with Crippen LogP contribution in [-0.2, 0) is 6.54 Å². The molecule has 0 aromatic carbocycles. The van der Waals surface area contributed by atoms with Crippen LogP contribution in [-0.4, -0.2) is 21.8 Å². The van der Waals surface area contributed by atoms with E-state index in [0.29, 0.717) is 18.5 Å². The molecule has 0 bridgehead atoms. The fourth-order valence-corrected chi connectivity index (χ4v) is 1.13. The van der Waals surface area contributed by atoms with Crippen molar-refractivity contribution < 1.29 is 4.42 Å². The van der Waals surface area contributed by atoms with Crippen molar-refractivity contribution in [3.63, 3.8) is 0 Å². The molecule has 104 valence electrons. The number of nitrogens with one attached hydrogen (secondary N) is 2. The first-order valence-corrected chi connectivity index (χ1v) is 6.42. The zero-order chi connectivity index (χ0) is 14.0. The van der Waals surface area contributed by atoms with Crippen molar-refractivity contribution in [2.75, 3.05) is 5.32 Å². The van der Waals surface area contributed by atoms with Crippen LogP contribution in [0.4, 0.5) is 6.01 Å². The van der Waals surface area contributed by atoms with Crippen LogP contribution in [0.5, 0.6) is 0 Å². The highest BCUT2D eigenvalue weighted by Crippen LogP contribution is 2.22. The van der Waals surface area contributed by atoms with E-state index in [1.54, 1.807) is 0 Å². The summed E-state index contributed by atoms with van der Waals surface area (Å²) in [6.07, 6.45) is 0. The fourth-order valence-electron chi connectivity index (χ4n) is 1.13. The highest BCUT2D eigenvalue weighted by molar-refractivity contribution is 5.20. The molecule has 1 aromatic rings. The Bertz CT molecular complexity index is 373. The number of aromatic nitrogens is 2. The molecular formula is C13H26N4O. The molecule has 0 amide bonds. The second kappa shape index (κ2) is 5.26. The summed E-state index contributed by atoms with van der Waals surface area (Å²) in [5.74, 6) is 0.605. The summed E-state index contributed by atoms with van der Waals surface area (Å²) >= 11 is 0. The van der Waals surface area contributed by atoms with Gasteiger partial charge in [0.2, 0.25) is 5.89 Å². The lowest BCUT2D eigenvalue weighted by Crippen LogP contribution is -2.35. The molecule has 0 saturated heterocycles. The van der Waals surface area contributed by atoms with E-state index in [-0.39, 0.29) is 17.0 Å². The molecule has 5 heteroatoms. The summed E-state index contributed by atoms with van der Waals surface area (Å²) in [5, 5.41) is 14.6. The van der Waals surface area contributed by atoms with Crippen LogP contribution in [0, 0.1) is 5.41 Å². The normalized spacial score (nSPS) is 14.6. The smallest absolute Gasteiger partial charge is 0.315 e. The highest BCUT2D eigenvalue weighted by atomic mass is 16.4. The van der Waals surface area contributed by atoms with Crippen molar-refractivity contribution in [1.29, 1.82) is 0 Å². The molecule has 0 fully saturated rings. The van der Waals surface area contributed by atoms with Crippen molar-refractivity contribution in [3.8, 4) is 0 Å². The summed E-state index contributed by atoms with van der Waals surface area (Å²) < 4.78 is 5.55. The van der Waals surface area contributed by atoms with Gasteiger partial charge in [-0.3, -0.25) is 0 Å². The Hall–Kier alpha value is -1.10. The zero-order valence-electron chi connectivity index (χ0n) is 12.6. The highest BCUT2D eigenvalue weighted by Gasteiger charge is 2.21. The molecule has 18 heavy (non-hydrogen) atoms. The van der Waals surface area contributed by atoms with E-state index in [0.717, 1.165) is 0 Å². The molecule has 0 aliphatic heterocycles. The van der Waals surface area contributed by atoms with Crippen molar-refractivity contribution >= 4 is 6.01 Å². The Labute approximate surface area is 110 Å². The van der Waals surface area contributed by atoms with Gasteiger partial charge in [0.05, 0.1) is 6.54 Å². The lowest BCUT2D eigenvalue weighted by molar-refractivity contribution is 0.347. The van der Waals surface area contributed by atoms with Gasteiger partial charge in [-0.25, -0.2) is 0 Å². The average Bonchev–Trinajstić information content (AvgIpc) is 2.60. The van der Waals surface area contributed by atoms with Crippen LogP contribution in [0.3, 0.4) is 0 Å². The molecule has 1 aromatic heterocycles. The third-order valence-corrected chi connectivity index (χ3v) is 2.88. The largest absolute Gasteiger partial charge is 0.407 e. The van der Waals surface area contributed by atoms with Gasteiger partial charge in [-0.05, 0) is 33.1 Å². The number of hydrogen-bond donors (Lipinski definition) is 2. The molecule has 2 N–H and O–H groups in total. The Morgan fingerprint density at radius 2 is 1.72 bits per heavy atom. The predicted octanol–water partition coefficient (Wildman–Crippen LogP) is 2.80. The van der Waals surface area contributed by atoms with Crippen LogP contribution in [0.2, 0.25) is 0 Å². The van der Waals surface area contributed by atoms with Gasteiger partial charge >= 0.3 is 6.01 Å². The van der Waals surface area contributed by atoms with Crippen LogP contribution < -0.4 is 10.6 Å². The quantitative estimate of drug-likeness (QED) is 0.865. The molecular weight excluding hydrogens is 228 g/mol. The van der Waals surface area contributed by atoms with E-state index in [4.69, 9.17) is 4.42 Å². The van der Waals surface area contributed by atoms with Gasteiger partial charge in [0.25, 0.3) is 0 Å². The van der Waals surface area contributed by atoms with Crippen molar-refractivity contribution in [2.45, 2.75) is 66.6 Å². The summed E-state index contributed by atoms with van der Waals surface area (Å²) in [7, 11) is 0. The first-order chi connectivity index (χ1) is 8.08. The van der Waals surface area contributed by atoms with Gasteiger partial charge in [0, 0.05) is 11.6 Å². The van der Waals surface area contributed by atoms with Gasteiger partial charge in [-0.2, -0.15) is 0 Å². The van der Waals surface area contributed by atoms with E-state index in [1.807, 2.05) is 0 Å². The lowest BCUT2D eigenvalue weighted by Gasteiger charge is -2.27. The predicted molar refractivity (Wildman–Crippen MR) is 73.4 cm³/mol. The Balaban J connectivity index is 2.54. The molecule has 0 saturated carbocycles. The molecule has 0 spiro atoms. The number of anilines is 1. The molecule has 0 aliphatic rings. The second-order valence-electron chi connectivity index (χ2n) is 6.84. The SMILES string of the molecule is CC(Nc1nnc(CNC(C)(C)C)o1)C(C)(C)C. The maximum absolute atomic E-state index is 5.55. The summed E-state index contributed by atoms with van der Waals surface area (Å²) in [6.45, 7) is 15.5. The van der Waals surface area contributed by atoms with Crippen molar-refractivity contribution in [2.24, 2.45) is 5.41 Å². The lowest BCUT2D eigenvalue weighted by atomic mass is 9.88. The average molecular weight is 254 g/mol. The third kappa shape index (κ3) is 5.04. The monoisotopic (exact) mass is 254 g/mol. The van der Waals surface area contributed by atoms with Crippen LogP contribution in [0.15, 0.2) is 4.42 Å². The van der Waals surface area contributed by atoms with E-state index >= 15 is 0 Å². The van der Waals surface area contributed by atoms with E-state index < -0.39 is 0 Å². The van der Waals surface area contributed by atoms with E-state index in [1.165, 1.54) is 0 Å². The minimum absolute atomic E-state index is 0.0424. The van der Waals surface area contributed by atoms with E-state index in [2.05, 4.69) is 69.3 Å². The van der Waals surface area contributed by atoms with Gasteiger partial charge in [-0.1, -0.05) is 25.9 Å². The molecule has 1 rings (SSSR count). The molecule has 1 heterocycles. The fraction of sp³-hybridized carbons (Fsp3) is 0.846. The Kier molecular flexibility index (Phi) is 4.37. The molecule has 1 atom stereocenters.